The predicted octanol–water partition coefficient (Wildman–Crippen LogP) is 5.90. The number of hydrogen-bond acceptors (Lipinski definition) is 4. The molecule has 1 aliphatic carbocycles. The molecule has 4 rings (SSSR count). The number of carbonyl (C=O) groups is 2. The number of nitrogens with zero attached hydrogens (tertiary/aromatic N) is 1. The van der Waals surface area contributed by atoms with E-state index < -0.39 is 17.9 Å². The fourth-order valence-corrected chi connectivity index (χ4v) is 5.37. The number of carboxylic acids is 1. The minimum absolute atomic E-state index is 0.00535. The number of amides is 1. The zero-order chi connectivity index (χ0) is 24.1. The van der Waals surface area contributed by atoms with Crippen LogP contribution in [0.5, 0.6) is 0 Å². The zero-order valence-electron chi connectivity index (χ0n) is 19.2. The van der Waals surface area contributed by atoms with Crippen LogP contribution in [-0.4, -0.2) is 34.6 Å². The summed E-state index contributed by atoms with van der Waals surface area (Å²) in [4.78, 5) is 29.3. The summed E-state index contributed by atoms with van der Waals surface area (Å²) in [5.41, 5.74) is 2.55. The lowest BCUT2D eigenvalue weighted by atomic mass is 9.90. The Morgan fingerprint density at radius 3 is 2.59 bits per heavy atom. The first-order valence-electron chi connectivity index (χ1n) is 12.1. The molecular weight excluding hydrogens is 473 g/mol. The number of nitrogens with one attached hydrogen (secondary N) is 2. The summed E-state index contributed by atoms with van der Waals surface area (Å²) in [5.74, 6) is -0.541. The molecule has 2 heterocycles. The van der Waals surface area contributed by atoms with Crippen LogP contribution in [0, 0.1) is 5.41 Å². The zero-order valence-corrected chi connectivity index (χ0v) is 20.7. The molecule has 8 heteroatoms. The van der Waals surface area contributed by atoms with Gasteiger partial charge in [0, 0.05) is 12.2 Å². The van der Waals surface area contributed by atoms with E-state index in [1.54, 1.807) is 18.2 Å². The number of aromatic nitrogens is 1. The van der Waals surface area contributed by atoms with Crippen molar-refractivity contribution in [3.05, 3.63) is 57.2 Å². The highest BCUT2D eigenvalue weighted by Crippen LogP contribution is 2.53. The number of carbonyl (C=O) groups excluding carboxylic acids is 1. The standard InChI is InChI=1S/C26H31Cl2N3O3/c27-19-8-4-9-20(28)22(19)24(32)31-21(25(33)34)16-26(13-14-26)12-3-1-2-7-18-11-10-17-6-5-15-29-23(17)30-18/h4,8-11,21H,1-3,5-7,12-16H2,(H,29,30)(H,31,32)(H,33,34)/t21-/m1/s1. The first-order valence-corrected chi connectivity index (χ1v) is 12.8. The van der Waals surface area contributed by atoms with E-state index >= 15 is 0 Å². The van der Waals surface area contributed by atoms with Crippen LogP contribution in [0.1, 0.15) is 73.0 Å². The second kappa shape index (κ2) is 11.0. The Morgan fingerprint density at radius 2 is 1.88 bits per heavy atom. The van der Waals surface area contributed by atoms with Crippen LogP contribution < -0.4 is 10.6 Å². The lowest BCUT2D eigenvalue weighted by Gasteiger charge is -2.22. The van der Waals surface area contributed by atoms with E-state index in [4.69, 9.17) is 28.2 Å². The molecule has 0 saturated heterocycles. The molecule has 1 amide bonds. The van der Waals surface area contributed by atoms with E-state index in [1.165, 1.54) is 5.56 Å². The number of unbranched alkanes of at least 4 members (excludes halogenated alkanes) is 2. The number of halogens is 2. The van der Waals surface area contributed by atoms with Crippen molar-refractivity contribution in [2.24, 2.45) is 5.41 Å². The second-order valence-electron chi connectivity index (χ2n) is 9.57. The molecule has 1 fully saturated rings. The highest BCUT2D eigenvalue weighted by atomic mass is 35.5. The minimum Gasteiger partial charge on any atom is -0.480 e. The summed E-state index contributed by atoms with van der Waals surface area (Å²) in [5, 5.41) is 16.2. The Bertz CT molecular complexity index is 1040. The van der Waals surface area contributed by atoms with Gasteiger partial charge in [-0.2, -0.15) is 0 Å². The number of benzene rings is 1. The number of pyridine rings is 1. The van der Waals surface area contributed by atoms with Crippen molar-refractivity contribution in [3.63, 3.8) is 0 Å². The van der Waals surface area contributed by atoms with E-state index in [2.05, 4.69) is 22.8 Å². The van der Waals surface area contributed by atoms with Gasteiger partial charge in [0.15, 0.2) is 0 Å². The predicted molar refractivity (Wildman–Crippen MR) is 135 cm³/mol. The molecule has 34 heavy (non-hydrogen) atoms. The summed E-state index contributed by atoms with van der Waals surface area (Å²) in [6.45, 7) is 0.995. The molecule has 2 aliphatic rings. The molecule has 6 nitrogen and oxygen atoms in total. The van der Waals surface area contributed by atoms with Gasteiger partial charge in [0.1, 0.15) is 11.9 Å². The van der Waals surface area contributed by atoms with Crippen LogP contribution in [0.15, 0.2) is 30.3 Å². The van der Waals surface area contributed by atoms with Crippen LogP contribution in [0.25, 0.3) is 0 Å². The third-order valence-corrected chi connectivity index (χ3v) is 7.61. The quantitative estimate of drug-likeness (QED) is 0.332. The normalized spacial score (nSPS) is 16.8. The molecule has 1 aliphatic heterocycles. The van der Waals surface area contributed by atoms with Gasteiger partial charge in [-0.15, -0.1) is 0 Å². The van der Waals surface area contributed by atoms with E-state index in [-0.39, 0.29) is 21.0 Å². The number of aryl methyl sites for hydroxylation is 2. The highest BCUT2D eigenvalue weighted by Gasteiger charge is 2.45. The van der Waals surface area contributed by atoms with E-state index in [1.807, 2.05) is 0 Å². The van der Waals surface area contributed by atoms with Gasteiger partial charge in [0.25, 0.3) is 5.91 Å². The van der Waals surface area contributed by atoms with Gasteiger partial charge in [-0.25, -0.2) is 9.78 Å². The first kappa shape index (κ1) is 24.8. The van der Waals surface area contributed by atoms with E-state index in [9.17, 15) is 14.7 Å². The van der Waals surface area contributed by atoms with Crippen molar-refractivity contribution in [3.8, 4) is 0 Å². The fourth-order valence-electron chi connectivity index (χ4n) is 4.80. The third-order valence-electron chi connectivity index (χ3n) is 6.98. The smallest absolute Gasteiger partial charge is 0.326 e. The van der Waals surface area contributed by atoms with Gasteiger partial charge < -0.3 is 15.7 Å². The maximum Gasteiger partial charge on any atom is 0.326 e. The maximum atomic E-state index is 12.7. The van der Waals surface area contributed by atoms with Crippen LogP contribution in [0.2, 0.25) is 10.0 Å². The molecule has 1 aromatic carbocycles. The van der Waals surface area contributed by atoms with Crippen molar-refractivity contribution >= 4 is 40.9 Å². The van der Waals surface area contributed by atoms with Crippen molar-refractivity contribution in [1.82, 2.24) is 10.3 Å². The van der Waals surface area contributed by atoms with Crippen LogP contribution >= 0.6 is 23.2 Å². The SMILES string of the molecule is O=C(N[C@H](CC1(CCCCCc2ccc3c(n2)NCCC3)CC1)C(=O)O)c1c(Cl)cccc1Cl. The summed E-state index contributed by atoms with van der Waals surface area (Å²) < 4.78 is 0. The summed E-state index contributed by atoms with van der Waals surface area (Å²) >= 11 is 12.2. The van der Waals surface area contributed by atoms with Crippen LogP contribution in [-0.2, 0) is 17.6 Å². The molecule has 1 saturated carbocycles. The Morgan fingerprint density at radius 1 is 1.12 bits per heavy atom. The van der Waals surface area contributed by atoms with Crippen molar-refractivity contribution in [2.45, 2.75) is 70.3 Å². The Labute approximate surface area is 210 Å². The van der Waals surface area contributed by atoms with Gasteiger partial charge in [-0.3, -0.25) is 4.79 Å². The van der Waals surface area contributed by atoms with Gasteiger partial charge >= 0.3 is 5.97 Å². The summed E-state index contributed by atoms with van der Waals surface area (Å²) in [6, 6.07) is 8.15. The first-order chi connectivity index (χ1) is 16.4. The second-order valence-corrected chi connectivity index (χ2v) is 10.4. The van der Waals surface area contributed by atoms with Gasteiger partial charge in [-0.05, 0) is 80.5 Å². The Kier molecular flexibility index (Phi) is 7.99. The van der Waals surface area contributed by atoms with E-state index in [0.717, 1.165) is 75.8 Å². The number of aliphatic carboxylic acids is 1. The molecule has 1 aromatic heterocycles. The molecule has 1 atom stereocenters. The summed E-state index contributed by atoms with van der Waals surface area (Å²) in [7, 11) is 0. The molecule has 0 bridgehead atoms. The molecule has 0 radical (unpaired) electrons. The average Bonchev–Trinajstić information content (AvgIpc) is 3.57. The number of rotatable bonds is 11. The largest absolute Gasteiger partial charge is 0.480 e. The molecule has 2 aromatic rings. The number of fused-ring (bicyclic) bond motifs is 1. The lowest BCUT2D eigenvalue weighted by Crippen LogP contribution is -2.42. The maximum absolute atomic E-state index is 12.7. The Hall–Kier alpha value is -2.31. The third kappa shape index (κ3) is 6.22. The molecule has 182 valence electrons. The monoisotopic (exact) mass is 503 g/mol. The minimum atomic E-state index is -1.03. The van der Waals surface area contributed by atoms with Gasteiger partial charge in [0.05, 0.1) is 15.6 Å². The summed E-state index contributed by atoms with van der Waals surface area (Å²) in [6.07, 6.45) is 9.78. The van der Waals surface area contributed by atoms with E-state index in [0.29, 0.717) is 6.42 Å². The number of anilines is 1. The Balaban J connectivity index is 1.24. The average molecular weight is 504 g/mol. The molecule has 0 unspecified atom stereocenters. The van der Waals surface area contributed by atoms with Crippen molar-refractivity contribution in [1.29, 1.82) is 0 Å². The van der Waals surface area contributed by atoms with Gasteiger partial charge in [-0.1, -0.05) is 48.2 Å². The number of hydrogen-bond donors (Lipinski definition) is 3. The number of carboxylic acid groups (broad SMARTS) is 1. The molecular formula is C26H31Cl2N3O3. The van der Waals surface area contributed by atoms with Crippen LogP contribution in [0.4, 0.5) is 5.82 Å². The van der Waals surface area contributed by atoms with Crippen molar-refractivity contribution < 1.29 is 14.7 Å². The topological polar surface area (TPSA) is 91.3 Å². The van der Waals surface area contributed by atoms with Crippen molar-refractivity contribution in [2.75, 3.05) is 11.9 Å². The van der Waals surface area contributed by atoms with Crippen LogP contribution in [0.3, 0.4) is 0 Å². The van der Waals surface area contributed by atoms with Gasteiger partial charge in [0.2, 0.25) is 0 Å². The lowest BCUT2D eigenvalue weighted by molar-refractivity contribution is -0.139. The molecule has 0 spiro atoms. The fraction of sp³-hybridized carbons (Fsp3) is 0.500. The molecule has 3 N–H and O–H groups in total. The highest BCUT2D eigenvalue weighted by molar-refractivity contribution is 6.39.